The Bertz CT molecular complexity index is 413. The summed E-state index contributed by atoms with van der Waals surface area (Å²) in [6, 6.07) is 9.10. The fraction of sp³-hybridized carbons (Fsp3) is 0.500. The summed E-state index contributed by atoms with van der Waals surface area (Å²) in [7, 11) is 0. The molecule has 0 bridgehead atoms. The maximum atomic E-state index is 11.3. The molecule has 1 aromatic rings. The summed E-state index contributed by atoms with van der Waals surface area (Å²) in [5.74, 6) is 0.782. The van der Waals surface area contributed by atoms with Crippen molar-refractivity contribution in [2.75, 3.05) is 0 Å². The van der Waals surface area contributed by atoms with Crippen molar-refractivity contribution in [3.05, 3.63) is 35.4 Å². The average molecular weight is 215 g/mol. The van der Waals surface area contributed by atoms with Gasteiger partial charge in [0.05, 0.1) is 0 Å². The van der Waals surface area contributed by atoms with E-state index in [2.05, 4.69) is 29.6 Å². The first-order valence-electron chi connectivity index (χ1n) is 6.22. The van der Waals surface area contributed by atoms with E-state index in [4.69, 9.17) is 0 Å². The number of amides is 1. The van der Waals surface area contributed by atoms with Gasteiger partial charge in [-0.1, -0.05) is 24.3 Å². The minimum absolute atomic E-state index is 0.230. The van der Waals surface area contributed by atoms with Gasteiger partial charge >= 0.3 is 0 Å². The summed E-state index contributed by atoms with van der Waals surface area (Å²) in [5.41, 5.74) is 2.96. The summed E-state index contributed by atoms with van der Waals surface area (Å²) < 4.78 is 0. The Morgan fingerprint density at radius 2 is 2.00 bits per heavy atom. The Hall–Kier alpha value is -1.31. The van der Waals surface area contributed by atoms with E-state index in [9.17, 15) is 4.79 Å². The van der Waals surface area contributed by atoms with E-state index >= 15 is 0 Å². The largest absolute Gasteiger partial charge is 0.353 e. The Balaban J connectivity index is 1.90. The number of nitrogens with one attached hydrogen (secondary N) is 1. The maximum Gasteiger partial charge on any atom is 0.220 e. The highest BCUT2D eigenvalue weighted by atomic mass is 16.1. The van der Waals surface area contributed by atoms with Crippen molar-refractivity contribution in [2.45, 2.75) is 44.1 Å². The van der Waals surface area contributed by atoms with Crippen LogP contribution in [0.4, 0.5) is 0 Å². The van der Waals surface area contributed by atoms with Gasteiger partial charge in [-0.25, -0.2) is 0 Å². The molecule has 0 radical (unpaired) electrons. The van der Waals surface area contributed by atoms with E-state index in [-0.39, 0.29) is 5.91 Å². The molecule has 2 heteroatoms. The van der Waals surface area contributed by atoms with E-state index in [1.54, 1.807) is 0 Å². The van der Waals surface area contributed by atoms with Crippen LogP contribution < -0.4 is 5.32 Å². The first-order chi connectivity index (χ1) is 7.84. The van der Waals surface area contributed by atoms with Gasteiger partial charge in [-0.15, -0.1) is 0 Å². The molecule has 0 saturated carbocycles. The highest BCUT2D eigenvalue weighted by Gasteiger charge is 2.32. The Morgan fingerprint density at radius 1 is 1.12 bits per heavy atom. The number of hydrogen-bond donors (Lipinski definition) is 1. The molecule has 2 aliphatic rings. The van der Waals surface area contributed by atoms with E-state index < -0.39 is 0 Å². The molecule has 1 N–H and O–H groups in total. The quantitative estimate of drug-likeness (QED) is 0.765. The van der Waals surface area contributed by atoms with Crippen molar-refractivity contribution in [1.82, 2.24) is 5.32 Å². The summed E-state index contributed by atoms with van der Waals surface area (Å²) >= 11 is 0. The third-order valence-electron chi connectivity index (χ3n) is 3.93. The van der Waals surface area contributed by atoms with Crippen LogP contribution in [0.15, 0.2) is 24.3 Å². The fourth-order valence-corrected chi connectivity index (χ4v) is 3.15. The first kappa shape index (κ1) is 9.88. The number of hydrogen-bond acceptors (Lipinski definition) is 1. The predicted octanol–water partition coefficient (Wildman–Crippen LogP) is 2.39. The van der Waals surface area contributed by atoms with Crippen molar-refractivity contribution < 1.29 is 4.79 Å². The van der Waals surface area contributed by atoms with Crippen LogP contribution >= 0.6 is 0 Å². The maximum absolute atomic E-state index is 11.3. The third kappa shape index (κ3) is 1.62. The predicted molar refractivity (Wildman–Crippen MR) is 63.3 cm³/mol. The average Bonchev–Trinajstić information content (AvgIpc) is 2.75. The van der Waals surface area contributed by atoms with Gasteiger partial charge in [0.2, 0.25) is 5.91 Å². The second-order valence-corrected chi connectivity index (χ2v) is 4.91. The smallest absolute Gasteiger partial charge is 0.220 e. The lowest BCUT2D eigenvalue weighted by molar-refractivity contribution is -0.119. The van der Waals surface area contributed by atoms with Crippen LogP contribution in [0.2, 0.25) is 0 Å². The van der Waals surface area contributed by atoms with Crippen molar-refractivity contribution in [2.24, 2.45) is 0 Å². The highest BCUT2D eigenvalue weighted by molar-refractivity contribution is 5.78. The van der Waals surface area contributed by atoms with Crippen molar-refractivity contribution in [1.29, 1.82) is 0 Å². The minimum atomic E-state index is 0.230. The first-order valence-corrected chi connectivity index (χ1v) is 6.22. The van der Waals surface area contributed by atoms with Gasteiger partial charge < -0.3 is 5.32 Å². The summed E-state index contributed by atoms with van der Waals surface area (Å²) in [5, 5.41) is 3.13. The van der Waals surface area contributed by atoms with Crippen LogP contribution in [0.3, 0.4) is 0 Å². The van der Waals surface area contributed by atoms with Gasteiger partial charge in [0.1, 0.15) is 0 Å². The standard InChI is InChI=1S/C14H17NO/c16-14-9-8-13(15-14)12-7-3-5-10-4-1-2-6-11(10)12/h1-2,4,6,12-13H,3,5,7-9H2,(H,15,16). The molecule has 1 aliphatic carbocycles. The molecule has 2 unspecified atom stereocenters. The molecule has 1 saturated heterocycles. The minimum Gasteiger partial charge on any atom is -0.353 e. The number of benzene rings is 1. The van der Waals surface area contributed by atoms with Crippen LogP contribution in [-0.2, 0) is 11.2 Å². The molecule has 84 valence electrons. The molecule has 1 aromatic carbocycles. The second kappa shape index (κ2) is 3.93. The zero-order valence-corrected chi connectivity index (χ0v) is 9.41. The van der Waals surface area contributed by atoms with Crippen molar-refractivity contribution >= 4 is 5.91 Å². The van der Waals surface area contributed by atoms with Crippen LogP contribution in [0.1, 0.15) is 42.7 Å². The van der Waals surface area contributed by atoms with E-state index in [1.165, 1.54) is 30.4 Å². The second-order valence-electron chi connectivity index (χ2n) is 4.91. The molecule has 1 heterocycles. The van der Waals surface area contributed by atoms with Gasteiger partial charge in [0, 0.05) is 18.4 Å². The van der Waals surface area contributed by atoms with E-state index in [0.29, 0.717) is 18.4 Å². The Labute approximate surface area is 96.1 Å². The van der Waals surface area contributed by atoms with Gasteiger partial charge in [-0.3, -0.25) is 4.79 Å². The highest BCUT2D eigenvalue weighted by Crippen LogP contribution is 2.36. The lowest BCUT2D eigenvalue weighted by Crippen LogP contribution is -2.33. The van der Waals surface area contributed by atoms with E-state index in [1.807, 2.05) is 0 Å². The lowest BCUT2D eigenvalue weighted by Gasteiger charge is -2.30. The van der Waals surface area contributed by atoms with Gasteiger partial charge in [-0.05, 0) is 36.8 Å². The number of fused-ring (bicyclic) bond motifs is 1. The number of aryl methyl sites for hydroxylation is 1. The van der Waals surface area contributed by atoms with Crippen LogP contribution in [0, 0.1) is 0 Å². The molecule has 3 rings (SSSR count). The Kier molecular flexibility index (Phi) is 2.43. The summed E-state index contributed by atoms with van der Waals surface area (Å²) in [6.07, 6.45) is 5.41. The number of carbonyl (C=O) groups excluding carboxylic acids is 1. The molecule has 0 spiro atoms. The summed E-state index contributed by atoms with van der Waals surface area (Å²) in [6.45, 7) is 0. The molecule has 16 heavy (non-hydrogen) atoms. The Morgan fingerprint density at radius 3 is 2.81 bits per heavy atom. The molecular weight excluding hydrogens is 198 g/mol. The third-order valence-corrected chi connectivity index (χ3v) is 3.93. The lowest BCUT2D eigenvalue weighted by atomic mass is 9.78. The molecule has 0 aromatic heterocycles. The molecular formula is C14H17NO. The van der Waals surface area contributed by atoms with Gasteiger partial charge in [-0.2, -0.15) is 0 Å². The van der Waals surface area contributed by atoms with Gasteiger partial charge in [0.15, 0.2) is 0 Å². The van der Waals surface area contributed by atoms with E-state index in [0.717, 1.165) is 6.42 Å². The van der Waals surface area contributed by atoms with Crippen LogP contribution in [0.5, 0.6) is 0 Å². The van der Waals surface area contributed by atoms with Crippen molar-refractivity contribution in [3.63, 3.8) is 0 Å². The fourth-order valence-electron chi connectivity index (χ4n) is 3.15. The molecule has 2 atom stereocenters. The van der Waals surface area contributed by atoms with Gasteiger partial charge in [0.25, 0.3) is 0 Å². The topological polar surface area (TPSA) is 29.1 Å². The molecule has 2 nitrogen and oxygen atoms in total. The molecule has 1 fully saturated rings. The zero-order chi connectivity index (χ0) is 11.0. The molecule has 1 amide bonds. The van der Waals surface area contributed by atoms with Crippen LogP contribution in [-0.4, -0.2) is 11.9 Å². The number of rotatable bonds is 1. The van der Waals surface area contributed by atoms with Crippen molar-refractivity contribution in [3.8, 4) is 0 Å². The monoisotopic (exact) mass is 215 g/mol. The number of carbonyl (C=O) groups is 1. The van der Waals surface area contributed by atoms with Crippen LogP contribution in [0.25, 0.3) is 0 Å². The normalized spacial score (nSPS) is 28.6. The molecule has 1 aliphatic heterocycles. The SMILES string of the molecule is O=C1CCC(C2CCCc3ccccc32)N1. The summed E-state index contributed by atoms with van der Waals surface area (Å²) in [4.78, 5) is 11.3. The zero-order valence-electron chi connectivity index (χ0n) is 9.41.